The predicted molar refractivity (Wildman–Crippen MR) is 89.1 cm³/mol. The molecule has 2 atom stereocenters. The average molecular weight is 304 g/mol. The topological polar surface area (TPSA) is 41.6 Å². The van der Waals surface area contributed by atoms with Gasteiger partial charge in [0.15, 0.2) is 0 Å². The van der Waals surface area contributed by atoms with Crippen LogP contribution in [0.5, 0.6) is 5.75 Å². The van der Waals surface area contributed by atoms with Crippen molar-refractivity contribution in [3.8, 4) is 5.75 Å². The first-order chi connectivity index (χ1) is 10.6. The van der Waals surface area contributed by atoms with Crippen LogP contribution in [0.25, 0.3) is 0 Å². The Kier molecular flexibility index (Phi) is 6.25. The highest BCUT2D eigenvalue weighted by Gasteiger charge is 2.23. The molecule has 4 nitrogen and oxygen atoms in total. The van der Waals surface area contributed by atoms with Gasteiger partial charge in [-0.1, -0.05) is 32.0 Å². The lowest BCUT2D eigenvalue weighted by atomic mass is 9.92. The summed E-state index contributed by atoms with van der Waals surface area (Å²) in [6.07, 6.45) is 2.06. The van der Waals surface area contributed by atoms with E-state index in [9.17, 15) is 4.79 Å². The fraction of sp³-hybridized carbons (Fsp3) is 0.611. The quantitative estimate of drug-likeness (QED) is 0.877. The molecule has 0 saturated carbocycles. The summed E-state index contributed by atoms with van der Waals surface area (Å²) in [6.45, 7) is 7.76. The van der Waals surface area contributed by atoms with Crippen molar-refractivity contribution >= 4 is 5.91 Å². The van der Waals surface area contributed by atoms with Gasteiger partial charge >= 0.3 is 0 Å². The van der Waals surface area contributed by atoms with Crippen molar-refractivity contribution in [2.45, 2.75) is 26.7 Å². The Morgan fingerprint density at radius 3 is 2.64 bits per heavy atom. The number of para-hydroxylation sites is 1. The molecule has 0 aromatic heterocycles. The van der Waals surface area contributed by atoms with E-state index in [1.165, 1.54) is 6.42 Å². The molecule has 1 N–H and O–H groups in total. The van der Waals surface area contributed by atoms with Crippen LogP contribution in [0.4, 0.5) is 0 Å². The Bertz CT molecular complexity index is 480. The van der Waals surface area contributed by atoms with Gasteiger partial charge in [0.1, 0.15) is 5.75 Å². The van der Waals surface area contributed by atoms with Crippen molar-refractivity contribution in [2.24, 2.45) is 11.8 Å². The Morgan fingerprint density at radius 1 is 1.27 bits per heavy atom. The first-order valence-electron chi connectivity index (χ1n) is 8.19. The molecule has 1 aliphatic heterocycles. The summed E-state index contributed by atoms with van der Waals surface area (Å²) in [5, 5.41) is 3.02. The van der Waals surface area contributed by atoms with Gasteiger partial charge in [-0.15, -0.1) is 0 Å². The lowest BCUT2D eigenvalue weighted by Gasteiger charge is -2.34. The molecule has 2 rings (SSSR count). The Balaban J connectivity index is 1.74. The van der Waals surface area contributed by atoms with E-state index in [0.29, 0.717) is 24.9 Å². The van der Waals surface area contributed by atoms with Gasteiger partial charge in [0.2, 0.25) is 5.91 Å². The molecule has 122 valence electrons. The lowest BCUT2D eigenvalue weighted by molar-refractivity contribution is -0.122. The van der Waals surface area contributed by atoms with Crippen molar-refractivity contribution < 1.29 is 9.53 Å². The SMILES string of the molecule is COc1ccccc1CCNC(=O)CN1C[C@H](C)C[C@H](C)C1. The molecule has 0 aliphatic carbocycles. The minimum Gasteiger partial charge on any atom is -0.496 e. The fourth-order valence-electron chi connectivity index (χ4n) is 3.43. The minimum absolute atomic E-state index is 0.121. The number of likely N-dealkylation sites (tertiary alicyclic amines) is 1. The number of hydrogen-bond donors (Lipinski definition) is 1. The Morgan fingerprint density at radius 2 is 1.95 bits per heavy atom. The molecule has 1 saturated heterocycles. The molecule has 0 radical (unpaired) electrons. The molecule has 0 spiro atoms. The second-order valence-corrected chi connectivity index (χ2v) is 6.55. The largest absolute Gasteiger partial charge is 0.496 e. The zero-order valence-corrected chi connectivity index (χ0v) is 14.0. The highest BCUT2D eigenvalue weighted by molar-refractivity contribution is 5.78. The standard InChI is InChI=1S/C18H28N2O2/c1-14-10-15(2)12-20(11-14)13-18(21)19-9-8-16-6-4-5-7-17(16)22-3/h4-7,14-15H,8-13H2,1-3H3,(H,19,21)/t14-,15+. The van der Waals surface area contributed by atoms with E-state index < -0.39 is 0 Å². The van der Waals surface area contributed by atoms with Crippen LogP contribution in [0.1, 0.15) is 25.8 Å². The first kappa shape index (κ1) is 16.8. The van der Waals surface area contributed by atoms with Crippen molar-refractivity contribution in [1.82, 2.24) is 10.2 Å². The molecule has 1 aliphatic rings. The molecule has 4 heteroatoms. The monoisotopic (exact) mass is 304 g/mol. The van der Waals surface area contributed by atoms with Crippen LogP contribution in [0, 0.1) is 11.8 Å². The molecule has 1 fully saturated rings. The van der Waals surface area contributed by atoms with Gasteiger partial charge in [0, 0.05) is 19.6 Å². The van der Waals surface area contributed by atoms with Crippen LogP contribution < -0.4 is 10.1 Å². The van der Waals surface area contributed by atoms with Crippen LogP contribution in [-0.2, 0) is 11.2 Å². The van der Waals surface area contributed by atoms with Gasteiger partial charge in [-0.25, -0.2) is 0 Å². The van der Waals surface area contributed by atoms with Gasteiger partial charge in [-0.2, -0.15) is 0 Å². The summed E-state index contributed by atoms with van der Waals surface area (Å²) in [5.74, 6) is 2.38. The van der Waals surface area contributed by atoms with Gasteiger partial charge in [0.25, 0.3) is 0 Å². The summed E-state index contributed by atoms with van der Waals surface area (Å²) < 4.78 is 5.33. The summed E-state index contributed by atoms with van der Waals surface area (Å²) in [4.78, 5) is 14.4. The van der Waals surface area contributed by atoms with Crippen molar-refractivity contribution in [1.29, 1.82) is 0 Å². The van der Waals surface area contributed by atoms with Crippen LogP contribution in [0.2, 0.25) is 0 Å². The smallest absolute Gasteiger partial charge is 0.234 e. The van der Waals surface area contributed by atoms with E-state index in [1.54, 1.807) is 7.11 Å². The van der Waals surface area contributed by atoms with E-state index in [1.807, 2.05) is 24.3 Å². The number of carbonyl (C=O) groups excluding carboxylic acids is 1. The molecular formula is C18H28N2O2. The van der Waals surface area contributed by atoms with Crippen LogP contribution in [-0.4, -0.2) is 44.1 Å². The van der Waals surface area contributed by atoms with Gasteiger partial charge < -0.3 is 10.1 Å². The summed E-state index contributed by atoms with van der Waals surface area (Å²) >= 11 is 0. The van der Waals surface area contributed by atoms with E-state index >= 15 is 0 Å². The van der Waals surface area contributed by atoms with Crippen LogP contribution in [0.15, 0.2) is 24.3 Å². The second kappa shape index (κ2) is 8.18. The molecule has 1 aromatic carbocycles. The molecule has 22 heavy (non-hydrogen) atoms. The number of hydrogen-bond acceptors (Lipinski definition) is 3. The Hall–Kier alpha value is -1.55. The highest BCUT2D eigenvalue weighted by Crippen LogP contribution is 2.20. The third-order valence-corrected chi connectivity index (χ3v) is 4.22. The number of benzene rings is 1. The van der Waals surface area contributed by atoms with Crippen molar-refractivity contribution in [3.63, 3.8) is 0 Å². The molecular weight excluding hydrogens is 276 g/mol. The molecule has 1 heterocycles. The van der Waals surface area contributed by atoms with Crippen LogP contribution in [0.3, 0.4) is 0 Å². The fourth-order valence-corrected chi connectivity index (χ4v) is 3.43. The predicted octanol–water partition coefficient (Wildman–Crippen LogP) is 2.33. The number of piperidine rings is 1. The summed E-state index contributed by atoms with van der Waals surface area (Å²) in [7, 11) is 1.68. The number of nitrogens with zero attached hydrogens (tertiary/aromatic N) is 1. The first-order valence-corrected chi connectivity index (χ1v) is 8.19. The summed E-state index contributed by atoms with van der Waals surface area (Å²) in [6, 6.07) is 7.95. The summed E-state index contributed by atoms with van der Waals surface area (Å²) in [5.41, 5.74) is 1.13. The van der Waals surface area contributed by atoms with Gasteiger partial charge in [-0.05, 0) is 36.3 Å². The maximum atomic E-state index is 12.1. The highest BCUT2D eigenvalue weighted by atomic mass is 16.5. The average Bonchev–Trinajstić information content (AvgIpc) is 2.46. The Labute approximate surface area is 133 Å². The number of ether oxygens (including phenoxy) is 1. The minimum atomic E-state index is 0.121. The number of rotatable bonds is 6. The third kappa shape index (κ3) is 5.02. The van der Waals surface area contributed by atoms with Crippen LogP contribution >= 0.6 is 0 Å². The zero-order valence-electron chi connectivity index (χ0n) is 14.0. The number of amides is 1. The molecule has 1 amide bonds. The van der Waals surface area contributed by atoms with Crippen molar-refractivity contribution in [3.05, 3.63) is 29.8 Å². The van der Waals surface area contributed by atoms with Gasteiger partial charge in [-0.3, -0.25) is 9.69 Å². The van der Waals surface area contributed by atoms with Gasteiger partial charge in [0.05, 0.1) is 13.7 Å². The molecule has 0 unspecified atom stereocenters. The van der Waals surface area contributed by atoms with E-state index in [0.717, 1.165) is 30.8 Å². The maximum Gasteiger partial charge on any atom is 0.234 e. The third-order valence-electron chi connectivity index (χ3n) is 4.22. The maximum absolute atomic E-state index is 12.1. The second-order valence-electron chi connectivity index (χ2n) is 6.55. The normalized spacial score (nSPS) is 22.3. The number of nitrogens with one attached hydrogen (secondary N) is 1. The van der Waals surface area contributed by atoms with Crippen molar-refractivity contribution in [2.75, 3.05) is 33.3 Å². The number of carbonyl (C=O) groups is 1. The number of methoxy groups -OCH3 is 1. The zero-order chi connectivity index (χ0) is 15.9. The van der Waals surface area contributed by atoms with E-state index in [4.69, 9.17) is 4.74 Å². The van der Waals surface area contributed by atoms with E-state index in [2.05, 4.69) is 24.1 Å². The lowest BCUT2D eigenvalue weighted by Crippen LogP contribution is -2.44. The molecule has 0 bridgehead atoms. The molecule has 1 aromatic rings. The van der Waals surface area contributed by atoms with E-state index in [-0.39, 0.29) is 5.91 Å².